The number of phosphoric acid groups is 1. The predicted octanol–water partition coefficient (Wildman–Crippen LogP) is 12.6. The molecule has 0 radical (unpaired) electrons. The van der Waals surface area contributed by atoms with Crippen LogP contribution in [-0.4, -0.2) is 70.0 Å². The number of carbonyl (C=O) groups is 2. The number of esters is 2. The van der Waals surface area contributed by atoms with E-state index in [1.807, 2.05) is 21.1 Å². The van der Waals surface area contributed by atoms with Gasteiger partial charge in [0.05, 0.1) is 27.7 Å². The average Bonchev–Trinajstić information content (AvgIpc) is 3.13. The van der Waals surface area contributed by atoms with Crippen molar-refractivity contribution < 1.29 is 42.1 Å². The van der Waals surface area contributed by atoms with Crippen molar-refractivity contribution in [1.82, 2.24) is 0 Å². The molecule has 0 aliphatic rings. The Bertz CT molecular complexity index is 912. The van der Waals surface area contributed by atoms with E-state index in [0.29, 0.717) is 17.4 Å². The van der Waals surface area contributed by atoms with E-state index in [-0.39, 0.29) is 32.0 Å². The van der Waals surface area contributed by atoms with Gasteiger partial charge in [0.15, 0.2) is 6.10 Å². The maximum atomic E-state index is 12.7. The van der Waals surface area contributed by atoms with Crippen LogP contribution in [0.3, 0.4) is 0 Å². The fraction of sp³-hybridized carbons (Fsp3) is 0.956. The first kappa shape index (κ1) is 54.0. The third-order valence-electron chi connectivity index (χ3n) is 10.4. The molecule has 0 aromatic rings. The maximum absolute atomic E-state index is 12.7. The molecule has 2 atom stereocenters. The monoisotopic (exact) mass is 804 g/mol. The lowest BCUT2D eigenvalue weighted by Gasteiger charge is -2.28. The minimum atomic E-state index is -4.62. The molecule has 2 unspecified atom stereocenters. The van der Waals surface area contributed by atoms with E-state index in [2.05, 4.69) is 13.8 Å². The zero-order chi connectivity index (χ0) is 40.7. The topological polar surface area (TPSA) is 111 Å². The molecule has 0 amide bonds. The van der Waals surface area contributed by atoms with Crippen LogP contribution in [0.25, 0.3) is 0 Å². The lowest BCUT2D eigenvalue weighted by molar-refractivity contribution is -0.870. The number of likely N-dealkylation sites (N-methyl/N-ethyl adjacent to an activating group) is 1. The number of nitrogens with zero attached hydrogens (tertiary/aromatic N) is 1. The molecule has 0 fully saturated rings. The Kier molecular flexibility index (Phi) is 37.8. The summed E-state index contributed by atoms with van der Waals surface area (Å²) >= 11 is 0. The molecule has 0 spiro atoms. The molecule has 0 aliphatic carbocycles. The summed E-state index contributed by atoms with van der Waals surface area (Å²) in [6, 6.07) is 0. The second-order valence-electron chi connectivity index (χ2n) is 17.1. The normalized spacial score (nSPS) is 13.5. The molecule has 0 aromatic heterocycles. The van der Waals surface area contributed by atoms with Gasteiger partial charge in [-0.25, -0.2) is 0 Å². The number of carbonyl (C=O) groups excluding carboxylic acids is 2. The largest absolute Gasteiger partial charge is 0.756 e. The molecule has 0 aliphatic heterocycles. The van der Waals surface area contributed by atoms with E-state index in [0.717, 1.165) is 32.1 Å². The number of rotatable bonds is 43. The number of quaternary nitrogens is 1. The van der Waals surface area contributed by atoms with E-state index in [1.165, 1.54) is 161 Å². The number of phosphoric ester groups is 1. The lowest BCUT2D eigenvalue weighted by Crippen LogP contribution is -2.37. The first-order valence-corrected chi connectivity index (χ1v) is 24.7. The number of ether oxygens (including phenoxy) is 2. The Morgan fingerprint density at radius 2 is 0.818 bits per heavy atom. The summed E-state index contributed by atoms with van der Waals surface area (Å²) in [6.45, 7) is 4.27. The van der Waals surface area contributed by atoms with Gasteiger partial charge in [0.2, 0.25) is 0 Å². The van der Waals surface area contributed by atoms with Crippen LogP contribution in [0.2, 0.25) is 0 Å². The van der Waals surface area contributed by atoms with Gasteiger partial charge in [-0.3, -0.25) is 14.2 Å². The summed E-state index contributed by atoms with van der Waals surface area (Å²) in [5, 5.41) is 0. The van der Waals surface area contributed by atoms with Crippen molar-refractivity contribution in [3.63, 3.8) is 0 Å². The first-order chi connectivity index (χ1) is 26.5. The third kappa shape index (κ3) is 42.4. The van der Waals surface area contributed by atoms with Crippen LogP contribution in [0.5, 0.6) is 0 Å². The van der Waals surface area contributed by atoms with Gasteiger partial charge in [-0.15, -0.1) is 0 Å². The van der Waals surface area contributed by atoms with Crippen LogP contribution in [0, 0.1) is 0 Å². The minimum absolute atomic E-state index is 0.0256. The summed E-state index contributed by atoms with van der Waals surface area (Å²) in [4.78, 5) is 37.6. The van der Waals surface area contributed by atoms with Crippen molar-refractivity contribution in [2.24, 2.45) is 0 Å². The van der Waals surface area contributed by atoms with Gasteiger partial charge in [-0.05, 0) is 12.8 Å². The number of hydrogen-bond acceptors (Lipinski definition) is 8. The van der Waals surface area contributed by atoms with E-state index in [9.17, 15) is 19.0 Å². The number of hydrogen-bond donors (Lipinski definition) is 0. The van der Waals surface area contributed by atoms with Crippen molar-refractivity contribution in [3.05, 3.63) is 0 Å². The molecule has 55 heavy (non-hydrogen) atoms. The second-order valence-corrected chi connectivity index (χ2v) is 18.5. The van der Waals surface area contributed by atoms with Crippen molar-refractivity contribution in [2.75, 3.05) is 47.5 Å². The molecular weight excluding hydrogens is 713 g/mol. The van der Waals surface area contributed by atoms with Crippen LogP contribution in [0.4, 0.5) is 0 Å². The Morgan fingerprint density at radius 3 is 1.16 bits per heavy atom. The van der Waals surface area contributed by atoms with E-state index in [4.69, 9.17) is 18.5 Å². The fourth-order valence-corrected chi connectivity index (χ4v) is 7.44. The minimum Gasteiger partial charge on any atom is -0.756 e. The molecule has 10 heteroatoms. The molecule has 0 rings (SSSR count). The van der Waals surface area contributed by atoms with E-state index < -0.39 is 26.5 Å². The summed E-state index contributed by atoms with van der Waals surface area (Å²) in [5.74, 6) is -0.817. The van der Waals surface area contributed by atoms with Crippen molar-refractivity contribution >= 4 is 19.8 Å². The predicted molar refractivity (Wildman–Crippen MR) is 227 cm³/mol. The van der Waals surface area contributed by atoms with E-state index >= 15 is 0 Å². The van der Waals surface area contributed by atoms with Crippen molar-refractivity contribution in [2.45, 2.75) is 232 Å². The first-order valence-electron chi connectivity index (χ1n) is 23.2. The lowest BCUT2D eigenvalue weighted by atomic mass is 10.0. The van der Waals surface area contributed by atoms with Crippen LogP contribution in [0.1, 0.15) is 226 Å². The summed E-state index contributed by atoms with van der Waals surface area (Å²) in [6.07, 6.45) is 38.3. The third-order valence-corrected chi connectivity index (χ3v) is 11.3. The Morgan fingerprint density at radius 1 is 0.491 bits per heavy atom. The molecule has 0 saturated heterocycles. The number of unbranched alkanes of at least 4 members (excludes halogenated alkanes) is 29. The molecule has 0 aromatic carbocycles. The van der Waals surface area contributed by atoms with Gasteiger partial charge in [-0.1, -0.05) is 200 Å². The highest BCUT2D eigenvalue weighted by atomic mass is 31.2. The SMILES string of the molecule is CCCCCCCCCCCCCCCCCCC(=O)OC(COC(=O)CCCCCCCCCCCCCCCCC)COP(=O)([O-])OCC[N+](C)(C)C. The molecule has 9 nitrogen and oxygen atoms in total. The Balaban J connectivity index is 4.28. The fourth-order valence-electron chi connectivity index (χ4n) is 6.72. The highest BCUT2D eigenvalue weighted by molar-refractivity contribution is 7.45. The van der Waals surface area contributed by atoms with Gasteiger partial charge in [0.1, 0.15) is 19.8 Å². The quantitative estimate of drug-likeness (QED) is 0.0259. The highest BCUT2D eigenvalue weighted by Gasteiger charge is 2.21. The molecule has 0 saturated carbocycles. The van der Waals surface area contributed by atoms with Crippen LogP contribution >= 0.6 is 7.82 Å². The Labute approximate surface area is 340 Å². The molecule has 0 bridgehead atoms. The maximum Gasteiger partial charge on any atom is 0.306 e. The van der Waals surface area contributed by atoms with Gasteiger partial charge < -0.3 is 27.9 Å². The second kappa shape index (κ2) is 38.5. The standard InChI is InChI=1S/C45H90NO8P/c1-6-8-10-12-14-16-18-20-22-24-26-28-30-32-34-36-38-45(48)54-43(42-53-55(49,50)52-40-39-46(3,4)5)41-51-44(47)37-35-33-31-29-27-25-23-21-19-17-15-13-11-9-7-2/h43H,6-42H2,1-5H3. The van der Waals surface area contributed by atoms with Crippen LogP contribution in [0.15, 0.2) is 0 Å². The van der Waals surface area contributed by atoms with Crippen LogP contribution in [-0.2, 0) is 32.7 Å². The smallest absolute Gasteiger partial charge is 0.306 e. The zero-order valence-electron chi connectivity index (χ0n) is 36.9. The summed E-state index contributed by atoms with van der Waals surface area (Å²) in [5.41, 5.74) is 0. The van der Waals surface area contributed by atoms with Gasteiger partial charge in [0, 0.05) is 12.8 Å². The summed E-state index contributed by atoms with van der Waals surface area (Å²) in [7, 11) is 1.18. The molecule has 0 heterocycles. The highest BCUT2D eigenvalue weighted by Crippen LogP contribution is 2.38. The van der Waals surface area contributed by atoms with Crippen molar-refractivity contribution in [3.8, 4) is 0 Å². The van der Waals surface area contributed by atoms with Gasteiger partial charge in [0.25, 0.3) is 7.82 Å². The molecule has 328 valence electrons. The average molecular weight is 804 g/mol. The van der Waals surface area contributed by atoms with E-state index in [1.54, 1.807) is 0 Å². The summed E-state index contributed by atoms with van der Waals surface area (Å²) < 4.78 is 34.0. The van der Waals surface area contributed by atoms with Crippen molar-refractivity contribution in [1.29, 1.82) is 0 Å². The Hall–Kier alpha value is -0.990. The van der Waals surface area contributed by atoms with Crippen LogP contribution < -0.4 is 4.89 Å². The molecule has 0 N–H and O–H groups in total. The molecular formula is C45H90NO8P. The van der Waals surface area contributed by atoms with Gasteiger partial charge >= 0.3 is 11.9 Å². The zero-order valence-corrected chi connectivity index (χ0v) is 37.8. The van der Waals surface area contributed by atoms with Gasteiger partial charge in [-0.2, -0.15) is 0 Å².